The number of hydrogen-bond donors (Lipinski definition) is 2. The van der Waals surface area contributed by atoms with Gasteiger partial charge in [-0.3, -0.25) is 4.79 Å². The molecule has 1 aliphatic carbocycles. The van der Waals surface area contributed by atoms with E-state index in [0.29, 0.717) is 5.56 Å². The van der Waals surface area contributed by atoms with Gasteiger partial charge in [0.1, 0.15) is 0 Å². The Hall–Kier alpha value is -0.970. The lowest BCUT2D eigenvalue weighted by atomic mass is 10.1. The van der Waals surface area contributed by atoms with Crippen molar-refractivity contribution in [1.29, 1.82) is 0 Å². The van der Waals surface area contributed by atoms with Gasteiger partial charge in [0.25, 0.3) is 5.91 Å². The van der Waals surface area contributed by atoms with E-state index in [1.165, 1.54) is 12.1 Å². The van der Waals surface area contributed by atoms with E-state index in [1.54, 1.807) is 7.11 Å². The van der Waals surface area contributed by atoms with E-state index in [0.717, 1.165) is 19.3 Å². The number of nitrogen functional groups attached to an aromatic ring is 1. The molecule has 1 saturated carbocycles. The van der Waals surface area contributed by atoms with Crippen molar-refractivity contribution >= 4 is 34.8 Å². The minimum atomic E-state index is -0.210. The second-order valence-corrected chi connectivity index (χ2v) is 5.45. The third-order valence-electron chi connectivity index (χ3n) is 3.41. The fourth-order valence-electron chi connectivity index (χ4n) is 2.34. The van der Waals surface area contributed by atoms with Crippen molar-refractivity contribution in [2.24, 2.45) is 0 Å². The van der Waals surface area contributed by atoms with Crippen molar-refractivity contribution in [3.05, 3.63) is 27.7 Å². The number of nitrogens with two attached hydrogens (primary N) is 1. The molecule has 104 valence electrons. The summed E-state index contributed by atoms with van der Waals surface area (Å²) >= 11 is 11.8. The molecule has 1 aromatic carbocycles. The molecule has 4 nitrogen and oxygen atoms in total. The Morgan fingerprint density at radius 1 is 1.37 bits per heavy atom. The average molecular weight is 303 g/mol. The van der Waals surface area contributed by atoms with Gasteiger partial charge in [0.05, 0.1) is 27.9 Å². The highest BCUT2D eigenvalue weighted by molar-refractivity contribution is 6.39. The Morgan fingerprint density at radius 3 is 2.58 bits per heavy atom. The molecule has 0 bridgehead atoms. The first-order valence-electron chi connectivity index (χ1n) is 6.11. The lowest BCUT2D eigenvalue weighted by Crippen LogP contribution is -2.40. The molecule has 19 heavy (non-hydrogen) atoms. The number of nitrogens with one attached hydrogen (secondary N) is 1. The molecular weight excluding hydrogens is 287 g/mol. The van der Waals surface area contributed by atoms with Gasteiger partial charge in [-0.1, -0.05) is 23.2 Å². The number of carbonyl (C=O) groups is 1. The zero-order chi connectivity index (χ0) is 14.0. The number of methoxy groups -OCH3 is 1. The minimum Gasteiger partial charge on any atom is -0.396 e. The molecule has 1 aliphatic rings. The predicted octanol–water partition coefficient (Wildman–Crippen LogP) is 2.87. The van der Waals surface area contributed by atoms with Crippen LogP contribution in [0.3, 0.4) is 0 Å². The molecule has 1 aromatic rings. The smallest absolute Gasteiger partial charge is 0.251 e. The van der Waals surface area contributed by atoms with Gasteiger partial charge in [0.2, 0.25) is 0 Å². The van der Waals surface area contributed by atoms with Crippen LogP contribution in [0.4, 0.5) is 5.69 Å². The maximum Gasteiger partial charge on any atom is 0.251 e. The molecule has 1 fully saturated rings. The van der Waals surface area contributed by atoms with Gasteiger partial charge >= 0.3 is 0 Å². The van der Waals surface area contributed by atoms with Gasteiger partial charge in [0, 0.05) is 12.7 Å². The van der Waals surface area contributed by atoms with Crippen molar-refractivity contribution < 1.29 is 9.53 Å². The highest BCUT2D eigenvalue weighted by Gasteiger charge is 2.28. The zero-order valence-corrected chi connectivity index (χ0v) is 12.1. The van der Waals surface area contributed by atoms with Gasteiger partial charge in [-0.25, -0.2) is 0 Å². The maximum atomic E-state index is 12.2. The fourth-order valence-corrected chi connectivity index (χ4v) is 2.83. The third kappa shape index (κ3) is 3.14. The van der Waals surface area contributed by atoms with E-state index in [4.69, 9.17) is 33.7 Å². The van der Waals surface area contributed by atoms with Gasteiger partial charge in [-0.05, 0) is 31.4 Å². The summed E-state index contributed by atoms with van der Waals surface area (Å²) in [4.78, 5) is 12.2. The number of anilines is 1. The Morgan fingerprint density at radius 2 is 2.00 bits per heavy atom. The van der Waals surface area contributed by atoms with Crippen LogP contribution in [0.2, 0.25) is 10.0 Å². The summed E-state index contributed by atoms with van der Waals surface area (Å²) in [5.74, 6) is -0.210. The highest BCUT2D eigenvalue weighted by atomic mass is 35.5. The normalized spacial score (nSPS) is 22.5. The summed E-state index contributed by atoms with van der Waals surface area (Å²) in [5, 5.41) is 3.52. The van der Waals surface area contributed by atoms with Crippen molar-refractivity contribution in [1.82, 2.24) is 5.32 Å². The van der Waals surface area contributed by atoms with Crippen LogP contribution in [0, 0.1) is 0 Å². The summed E-state index contributed by atoms with van der Waals surface area (Å²) < 4.78 is 5.34. The standard InChI is InChI=1S/C13H16Cl2N2O2/c1-19-11-4-2-3-10(11)17-13(18)7-5-8(14)12(16)9(15)6-7/h5-6,10-11H,2-4,16H2,1H3,(H,17,18). The fraction of sp³-hybridized carbons (Fsp3) is 0.462. The van der Waals surface area contributed by atoms with Crippen LogP contribution < -0.4 is 11.1 Å². The Kier molecular flexibility index (Phi) is 4.55. The first-order chi connectivity index (χ1) is 9.02. The average Bonchev–Trinajstić information content (AvgIpc) is 2.82. The lowest BCUT2D eigenvalue weighted by molar-refractivity contribution is 0.0722. The van der Waals surface area contributed by atoms with Crippen LogP contribution in [0.1, 0.15) is 29.6 Å². The van der Waals surface area contributed by atoms with Gasteiger partial charge in [-0.15, -0.1) is 0 Å². The molecule has 2 unspecified atom stereocenters. The van der Waals surface area contributed by atoms with E-state index in [9.17, 15) is 4.79 Å². The molecule has 0 radical (unpaired) electrons. The quantitative estimate of drug-likeness (QED) is 0.844. The Balaban J connectivity index is 2.12. The number of amides is 1. The molecule has 2 atom stereocenters. The van der Waals surface area contributed by atoms with Crippen molar-refractivity contribution in [2.75, 3.05) is 12.8 Å². The molecule has 3 N–H and O–H groups in total. The zero-order valence-electron chi connectivity index (χ0n) is 10.6. The number of rotatable bonds is 3. The first-order valence-corrected chi connectivity index (χ1v) is 6.86. The molecular formula is C13H16Cl2N2O2. The molecule has 0 heterocycles. The number of hydrogen-bond acceptors (Lipinski definition) is 3. The molecule has 2 rings (SSSR count). The molecule has 6 heteroatoms. The Labute approximate surface area is 122 Å². The molecule has 0 spiro atoms. The van der Waals surface area contributed by atoms with Crippen molar-refractivity contribution in [2.45, 2.75) is 31.4 Å². The summed E-state index contributed by atoms with van der Waals surface area (Å²) in [7, 11) is 1.66. The van der Waals surface area contributed by atoms with E-state index < -0.39 is 0 Å². The maximum absolute atomic E-state index is 12.2. The predicted molar refractivity (Wildman–Crippen MR) is 76.8 cm³/mol. The second-order valence-electron chi connectivity index (χ2n) is 4.64. The topological polar surface area (TPSA) is 64.3 Å². The van der Waals surface area contributed by atoms with Crippen LogP contribution in [-0.4, -0.2) is 25.2 Å². The largest absolute Gasteiger partial charge is 0.396 e. The van der Waals surface area contributed by atoms with Crippen LogP contribution in [0.15, 0.2) is 12.1 Å². The number of carbonyl (C=O) groups excluding carboxylic acids is 1. The third-order valence-corrected chi connectivity index (χ3v) is 4.04. The SMILES string of the molecule is COC1CCCC1NC(=O)c1cc(Cl)c(N)c(Cl)c1. The molecule has 1 amide bonds. The monoisotopic (exact) mass is 302 g/mol. The van der Waals surface area contributed by atoms with E-state index >= 15 is 0 Å². The van der Waals surface area contributed by atoms with E-state index in [1.807, 2.05) is 0 Å². The Bertz CT molecular complexity index is 471. The summed E-state index contributed by atoms with van der Waals surface area (Å²) in [6, 6.07) is 3.08. The molecule has 0 aliphatic heterocycles. The van der Waals surface area contributed by atoms with E-state index in [-0.39, 0.29) is 33.8 Å². The minimum absolute atomic E-state index is 0.0348. The van der Waals surface area contributed by atoms with Crippen LogP contribution in [0.5, 0.6) is 0 Å². The van der Waals surface area contributed by atoms with Gasteiger partial charge in [-0.2, -0.15) is 0 Å². The van der Waals surface area contributed by atoms with Crippen LogP contribution in [0.25, 0.3) is 0 Å². The number of ether oxygens (including phenoxy) is 1. The summed E-state index contributed by atoms with van der Waals surface area (Å²) in [6.45, 7) is 0. The van der Waals surface area contributed by atoms with Crippen molar-refractivity contribution in [3.8, 4) is 0 Å². The molecule has 0 saturated heterocycles. The molecule has 0 aromatic heterocycles. The van der Waals surface area contributed by atoms with E-state index in [2.05, 4.69) is 5.32 Å². The second kappa shape index (κ2) is 5.99. The summed E-state index contributed by atoms with van der Waals surface area (Å²) in [6.07, 6.45) is 3.00. The highest BCUT2D eigenvalue weighted by Crippen LogP contribution is 2.29. The summed E-state index contributed by atoms with van der Waals surface area (Å²) in [5.41, 5.74) is 6.34. The van der Waals surface area contributed by atoms with Crippen LogP contribution in [-0.2, 0) is 4.74 Å². The van der Waals surface area contributed by atoms with Crippen molar-refractivity contribution in [3.63, 3.8) is 0 Å². The van der Waals surface area contributed by atoms with Crippen LogP contribution >= 0.6 is 23.2 Å². The van der Waals surface area contributed by atoms with Gasteiger partial charge in [0.15, 0.2) is 0 Å². The first kappa shape index (κ1) is 14.4. The number of halogens is 2. The lowest BCUT2D eigenvalue weighted by Gasteiger charge is -2.19. The van der Waals surface area contributed by atoms with Gasteiger partial charge < -0.3 is 15.8 Å². The number of benzene rings is 1.